The molecule has 0 bridgehead atoms. The van der Waals surface area contributed by atoms with Crippen LogP contribution in [0, 0.1) is 0 Å². The van der Waals surface area contributed by atoms with Gasteiger partial charge < -0.3 is 18.6 Å². The van der Waals surface area contributed by atoms with E-state index in [0.717, 1.165) is 117 Å². The van der Waals surface area contributed by atoms with Crippen molar-refractivity contribution in [3.63, 3.8) is 0 Å². The maximum Gasteiger partial charge on any atom is 0.137 e. The van der Waals surface area contributed by atoms with Gasteiger partial charge >= 0.3 is 0 Å². The van der Waals surface area contributed by atoms with Crippen molar-refractivity contribution in [2.45, 2.75) is 0 Å². The molecule has 0 spiro atoms. The van der Waals surface area contributed by atoms with E-state index in [-0.39, 0.29) is 0 Å². The van der Waals surface area contributed by atoms with Gasteiger partial charge in [0.05, 0.1) is 25.0 Å². The number of hydrogen-bond donors (Lipinski definition) is 0. The SMILES string of the molecule is [2H]c1ccc(-c2ccc(N(c3cccc(-c4ccccc4)c3)c3ccc4c(c3)oc3ccc5c(ccc6c5c5ccc(N(c7ccc(-c8ccc([2H])cc8)cc7)c7cccc(-c8ccccc8)c7)c7c8ccccc8n6c57)c34)cc2)cc1. The first kappa shape index (κ1) is 43.4. The van der Waals surface area contributed by atoms with E-state index in [9.17, 15) is 0 Å². The summed E-state index contributed by atoms with van der Waals surface area (Å²) in [5.74, 6) is 0. The molecule has 4 heteroatoms. The van der Waals surface area contributed by atoms with Crippen LogP contribution in [0.15, 0.2) is 302 Å². The molecule has 3 heterocycles. The highest BCUT2D eigenvalue weighted by atomic mass is 16.3. The van der Waals surface area contributed by atoms with Crippen molar-refractivity contribution >= 4 is 105 Å². The first-order valence-electron chi connectivity index (χ1n) is 28.2. The molecule has 16 aromatic rings. The van der Waals surface area contributed by atoms with Gasteiger partial charge in [-0.1, -0.05) is 200 Å². The van der Waals surface area contributed by atoms with Crippen LogP contribution in [0.2, 0.25) is 0 Å². The highest BCUT2D eigenvalue weighted by Gasteiger charge is 2.26. The number of aromatic nitrogens is 1. The van der Waals surface area contributed by atoms with Crippen LogP contribution in [0.25, 0.3) is 115 Å². The van der Waals surface area contributed by atoms with Gasteiger partial charge in [0.1, 0.15) is 11.2 Å². The molecule has 0 unspecified atom stereocenters. The highest BCUT2D eigenvalue weighted by Crippen LogP contribution is 2.50. The monoisotopic (exact) mass is 1020 g/mol. The zero-order valence-corrected chi connectivity index (χ0v) is 43.4. The zero-order chi connectivity index (χ0) is 54.4. The molecule has 4 nitrogen and oxygen atoms in total. The van der Waals surface area contributed by atoms with Crippen molar-refractivity contribution in [1.29, 1.82) is 0 Å². The minimum absolute atomic E-state index is 0.497. The Kier molecular flexibility index (Phi) is 10.0. The lowest BCUT2D eigenvalue weighted by atomic mass is 9.97. The lowest BCUT2D eigenvalue weighted by Gasteiger charge is -2.27. The molecule has 0 fully saturated rings. The molecule has 0 aliphatic heterocycles. The second-order valence-electron chi connectivity index (χ2n) is 20.7. The van der Waals surface area contributed by atoms with Gasteiger partial charge in [-0.05, 0) is 146 Å². The molecule has 0 saturated carbocycles. The summed E-state index contributed by atoms with van der Waals surface area (Å²) < 4.78 is 25.5. The van der Waals surface area contributed by atoms with Crippen LogP contribution in [0.5, 0.6) is 0 Å². The summed E-state index contributed by atoms with van der Waals surface area (Å²) >= 11 is 0. The summed E-state index contributed by atoms with van der Waals surface area (Å²) in [6.07, 6.45) is 0. The predicted octanol–water partition coefficient (Wildman–Crippen LogP) is 21.5. The number of benzene rings is 13. The van der Waals surface area contributed by atoms with Crippen LogP contribution < -0.4 is 9.80 Å². The van der Waals surface area contributed by atoms with Crippen LogP contribution in [0.1, 0.15) is 2.74 Å². The van der Waals surface area contributed by atoms with Crippen LogP contribution in [-0.2, 0) is 0 Å². The number of para-hydroxylation sites is 1. The summed E-state index contributed by atoms with van der Waals surface area (Å²) in [6, 6.07) is 102. The van der Waals surface area contributed by atoms with Crippen LogP contribution in [-0.4, -0.2) is 4.40 Å². The number of anilines is 6. The maximum atomic E-state index is 8.09. The van der Waals surface area contributed by atoms with Gasteiger partial charge in [-0.15, -0.1) is 0 Å². The number of nitrogens with zero attached hydrogens (tertiary/aromatic N) is 3. The van der Waals surface area contributed by atoms with Gasteiger partial charge in [-0.25, -0.2) is 0 Å². The van der Waals surface area contributed by atoms with Gasteiger partial charge in [0.15, 0.2) is 0 Å². The van der Waals surface area contributed by atoms with E-state index in [1.165, 1.54) is 32.4 Å². The van der Waals surface area contributed by atoms with Crippen molar-refractivity contribution < 1.29 is 7.16 Å². The molecule has 0 N–H and O–H groups in total. The second kappa shape index (κ2) is 18.5. The molecule has 0 radical (unpaired) electrons. The van der Waals surface area contributed by atoms with Gasteiger partial charge in [0.25, 0.3) is 0 Å². The molecule has 374 valence electrons. The van der Waals surface area contributed by atoms with Gasteiger partial charge in [0.2, 0.25) is 0 Å². The normalized spacial score (nSPS) is 12.1. The number of fused-ring (bicyclic) bond motifs is 12. The molecule has 0 saturated heterocycles. The molecule has 0 aliphatic carbocycles. The Labute approximate surface area is 465 Å². The predicted molar refractivity (Wildman–Crippen MR) is 337 cm³/mol. The van der Waals surface area contributed by atoms with Gasteiger partial charge in [-0.2, -0.15) is 0 Å². The molecule has 0 amide bonds. The average molecular weight is 1020 g/mol. The van der Waals surface area contributed by atoms with E-state index in [0.29, 0.717) is 12.1 Å². The summed E-state index contributed by atoms with van der Waals surface area (Å²) in [4.78, 5) is 4.73. The Hall–Kier alpha value is -10.7. The molecule has 0 atom stereocenters. The minimum atomic E-state index is 0.497. The molecular weight excluding hydrogens is 971 g/mol. The summed E-state index contributed by atoms with van der Waals surface area (Å²) in [5.41, 5.74) is 20.4. The van der Waals surface area contributed by atoms with E-state index < -0.39 is 0 Å². The lowest BCUT2D eigenvalue weighted by Crippen LogP contribution is -2.10. The zero-order valence-electron chi connectivity index (χ0n) is 45.4. The average Bonchev–Trinajstić information content (AvgIpc) is 2.53. The molecular formula is C76H49N3O. The van der Waals surface area contributed by atoms with E-state index >= 15 is 0 Å². The molecule has 3 aromatic heterocycles. The van der Waals surface area contributed by atoms with Gasteiger partial charge in [-0.3, -0.25) is 0 Å². The Bertz CT molecular complexity index is 5090. The third-order valence-electron chi connectivity index (χ3n) is 16.2. The smallest absolute Gasteiger partial charge is 0.137 e. The largest absolute Gasteiger partial charge is 0.456 e. The maximum absolute atomic E-state index is 8.09. The van der Waals surface area contributed by atoms with E-state index in [1.54, 1.807) is 0 Å². The van der Waals surface area contributed by atoms with Crippen molar-refractivity contribution in [1.82, 2.24) is 4.40 Å². The van der Waals surface area contributed by atoms with Crippen LogP contribution in [0.4, 0.5) is 34.1 Å². The third-order valence-corrected chi connectivity index (χ3v) is 16.2. The Morgan fingerprint density at radius 3 is 1.40 bits per heavy atom. The fraction of sp³-hybridized carbons (Fsp3) is 0. The molecule has 16 rings (SSSR count). The number of hydrogen-bond acceptors (Lipinski definition) is 3. The molecule has 0 aliphatic rings. The van der Waals surface area contributed by atoms with Crippen LogP contribution >= 0.6 is 0 Å². The van der Waals surface area contributed by atoms with Crippen molar-refractivity contribution in [2.75, 3.05) is 9.80 Å². The minimum Gasteiger partial charge on any atom is -0.456 e. The first-order valence-corrected chi connectivity index (χ1v) is 27.2. The third kappa shape index (κ3) is 7.38. The topological polar surface area (TPSA) is 24.0 Å². The Morgan fingerprint density at radius 1 is 0.275 bits per heavy atom. The van der Waals surface area contributed by atoms with E-state index in [4.69, 9.17) is 7.16 Å². The van der Waals surface area contributed by atoms with Crippen molar-refractivity contribution in [3.8, 4) is 44.5 Å². The molecule has 13 aromatic carbocycles. The summed E-state index contributed by atoms with van der Waals surface area (Å²) in [5, 5.41) is 9.28. The first-order chi connectivity index (χ1) is 40.5. The van der Waals surface area contributed by atoms with Gasteiger partial charge in [0, 0.05) is 66.8 Å². The second-order valence-corrected chi connectivity index (χ2v) is 20.7. The summed E-state index contributed by atoms with van der Waals surface area (Å²) in [7, 11) is 0. The van der Waals surface area contributed by atoms with Crippen LogP contribution in [0.3, 0.4) is 0 Å². The quantitative estimate of drug-likeness (QED) is 0.136. The van der Waals surface area contributed by atoms with Crippen molar-refractivity contribution in [3.05, 3.63) is 297 Å². The fourth-order valence-corrected chi connectivity index (χ4v) is 12.5. The standard InChI is InChI=1S/C76H49N3O/c1-5-17-50(18-6-1)54-31-35-58(36-32-54)77(60-27-15-25-56(47-60)52-21-9-3-10-22-52)62-39-40-66-72(49-62)80-71-46-43-63-64(74(66)71)41-44-69-73(63)67-42-45-70(75-65-29-13-14-30-68(65)79(69)76(67)75)78(59-37-33-55(34-38-59)51-19-7-2-8-20-51)61-28-16-26-57(48-61)53-23-11-4-12-24-53/h1-49H/i1D,2D. The summed E-state index contributed by atoms with van der Waals surface area (Å²) in [6.45, 7) is 0. The Morgan fingerprint density at radius 2 is 0.750 bits per heavy atom. The fourth-order valence-electron chi connectivity index (χ4n) is 12.5. The van der Waals surface area contributed by atoms with E-state index in [2.05, 4.69) is 251 Å². The molecule has 80 heavy (non-hydrogen) atoms. The number of furan rings is 1. The van der Waals surface area contributed by atoms with E-state index in [1.807, 2.05) is 48.5 Å². The number of rotatable bonds is 10. The highest BCUT2D eigenvalue weighted by molar-refractivity contribution is 6.34. The Balaban J connectivity index is 0.860. The van der Waals surface area contributed by atoms with Crippen molar-refractivity contribution in [2.24, 2.45) is 0 Å². The lowest BCUT2D eigenvalue weighted by molar-refractivity contribution is 0.669.